The average Bonchev–Trinajstić information content (AvgIpc) is 3.51. The minimum absolute atomic E-state index is 0.0560. The third kappa shape index (κ3) is 6.28. The quantitative estimate of drug-likeness (QED) is 0.185. The summed E-state index contributed by atoms with van der Waals surface area (Å²) in [5.74, 6) is -4.92. The van der Waals surface area contributed by atoms with Crippen molar-refractivity contribution in [2.45, 2.75) is 35.8 Å². The molecule has 3 amide bonds. The fraction of sp³-hybridized carbons (Fsp3) is 0.242. The number of esters is 1. The maximum absolute atomic E-state index is 14.1. The van der Waals surface area contributed by atoms with Crippen molar-refractivity contribution in [2.75, 3.05) is 23.9 Å². The fourth-order valence-electron chi connectivity index (χ4n) is 5.83. The van der Waals surface area contributed by atoms with Crippen LogP contribution in [0.5, 0.6) is 11.5 Å². The monoisotopic (exact) mass is 713 g/mol. The van der Waals surface area contributed by atoms with Gasteiger partial charge in [0.05, 0.1) is 41.5 Å². The predicted octanol–water partition coefficient (Wildman–Crippen LogP) is 5.25. The molecule has 6 rings (SSSR count). The molecule has 2 aliphatic rings. The van der Waals surface area contributed by atoms with Gasteiger partial charge in [-0.1, -0.05) is 35.2 Å². The van der Waals surface area contributed by atoms with Crippen molar-refractivity contribution in [2.24, 2.45) is 5.92 Å². The smallest absolute Gasteiger partial charge is 0.416 e. The van der Waals surface area contributed by atoms with Crippen LogP contribution in [0, 0.1) is 5.92 Å². The molecule has 0 spiro atoms. The summed E-state index contributed by atoms with van der Waals surface area (Å²) in [6.45, 7) is 1.40. The van der Waals surface area contributed by atoms with Crippen molar-refractivity contribution in [3.63, 3.8) is 0 Å². The molecular weight excluding hydrogens is 688 g/mol. The largest absolute Gasteiger partial charge is 0.504 e. The Hall–Kier alpha value is -5.09. The normalized spacial score (nSPS) is 18.6. The maximum Gasteiger partial charge on any atom is 0.416 e. The molecule has 2 unspecified atom stereocenters. The highest BCUT2D eigenvalue weighted by Gasteiger charge is 2.57. The van der Waals surface area contributed by atoms with Crippen LogP contribution in [0.1, 0.15) is 39.2 Å². The number of aromatic hydroxyl groups is 1. The molecular formula is C33H26F3N3O8S2. The molecule has 3 atom stereocenters. The molecule has 49 heavy (non-hydrogen) atoms. The van der Waals surface area contributed by atoms with Crippen molar-refractivity contribution in [1.29, 1.82) is 0 Å². The number of nitrogens with zero attached hydrogens (tertiary/aromatic N) is 2. The lowest BCUT2D eigenvalue weighted by Gasteiger charge is -2.31. The van der Waals surface area contributed by atoms with Gasteiger partial charge in [-0.05, 0) is 67.1 Å². The lowest BCUT2D eigenvalue weighted by atomic mass is 9.83. The van der Waals surface area contributed by atoms with Crippen LogP contribution < -0.4 is 19.8 Å². The Balaban J connectivity index is 1.37. The molecule has 1 fully saturated rings. The number of benzene rings is 3. The van der Waals surface area contributed by atoms with Crippen LogP contribution in [0.2, 0.25) is 0 Å². The number of halogens is 3. The topological polar surface area (TPSA) is 144 Å². The lowest BCUT2D eigenvalue weighted by molar-refractivity contribution is -0.137. The van der Waals surface area contributed by atoms with Crippen LogP contribution >= 0.6 is 23.1 Å². The zero-order chi connectivity index (χ0) is 35.2. The zero-order valence-corrected chi connectivity index (χ0v) is 27.3. The summed E-state index contributed by atoms with van der Waals surface area (Å²) < 4.78 is 52.1. The fourth-order valence-corrected chi connectivity index (χ4v) is 8.60. The van der Waals surface area contributed by atoms with E-state index in [0.717, 1.165) is 46.2 Å². The molecule has 0 aliphatic carbocycles. The number of rotatable bonds is 8. The standard InChI is InChI=1S/C33H26F3N3O8S2/c1-3-47-31(44)16-7-10-19(11-8-16)37-23(41)15-38-30-27(49-32(38)45)24(17-9-12-21(40)22(13-17)46-2)25-26(48-30)29(43)39(28(25)42)20-6-4-5-18(14-20)33(34,35)36/h4-14,24-26,40H,3,15H2,1-2H3,(H,37,41)/t24-,25?,26?/m0/s1. The number of amides is 3. The second-order valence-electron chi connectivity index (χ2n) is 11.0. The summed E-state index contributed by atoms with van der Waals surface area (Å²) in [4.78, 5) is 67.1. The van der Waals surface area contributed by atoms with Crippen LogP contribution in [-0.4, -0.2) is 52.3 Å². The first-order valence-electron chi connectivity index (χ1n) is 14.7. The molecule has 254 valence electrons. The maximum atomic E-state index is 14.1. The first kappa shape index (κ1) is 33.8. The van der Waals surface area contributed by atoms with Gasteiger partial charge in [0.2, 0.25) is 17.7 Å². The van der Waals surface area contributed by atoms with Gasteiger partial charge in [-0.2, -0.15) is 13.2 Å². The molecule has 2 aliphatic heterocycles. The number of anilines is 2. The number of phenols is 1. The van der Waals surface area contributed by atoms with Crippen LogP contribution in [-0.2, 0) is 31.8 Å². The number of phenolic OH excluding ortho intramolecular Hbond substituents is 1. The number of ether oxygens (including phenoxy) is 2. The van der Waals surface area contributed by atoms with Gasteiger partial charge in [0.15, 0.2) is 11.5 Å². The van der Waals surface area contributed by atoms with Gasteiger partial charge in [-0.25, -0.2) is 9.69 Å². The van der Waals surface area contributed by atoms with Crippen LogP contribution in [0.3, 0.4) is 0 Å². The summed E-state index contributed by atoms with van der Waals surface area (Å²) >= 11 is 1.66. The van der Waals surface area contributed by atoms with Crippen molar-refractivity contribution < 1.29 is 46.9 Å². The number of methoxy groups -OCH3 is 1. The van der Waals surface area contributed by atoms with E-state index in [2.05, 4.69) is 5.32 Å². The van der Waals surface area contributed by atoms with E-state index < -0.39 is 63.9 Å². The number of hydrogen-bond acceptors (Lipinski definition) is 10. The Morgan fingerprint density at radius 1 is 1.00 bits per heavy atom. The highest BCUT2D eigenvalue weighted by molar-refractivity contribution is 8.00. The Morgan fingerprint density at radius 2 is 1.73 bits per heavy atom. The third-order valence-electron chi connectivity index (χ3n) is 8.03. The summed E-state index contributed by atoms with van der Waals surface area (Å²) in [6, 6.07) is 14.1. The van der Waals surface area contributed by atoms with E-state index in [9.17, 15) is 42.3 Å². The zero-order valence-electron chi connectivity index (χ0n) is 25.6. The predicted molar refractivity (Wildman–Crippen MR) is 173 cm³/mol. The van der Waals surface area contributed by atoms with Gasteiger partial charge >= 0.3 is 17.0 Å². The van der Waals surface area contributed by atoms with E-state index in [1.165, 1.54) is 60.2 Å². The molecule has 4 aromatic rings. The Kier molecular flexibility index (Phi) is 9.02. The van der Waals surface area contributed by atoms with E-state index in [1.54, 1.807) is 6.92 Å². The molecule has 1 saturated heterocycles. The number of imide groups is 1. The van der Waals surface area contributed by atoms with Crippen molar-refractivity contribution >= 4 is 58.2 Å². The van der Waals surface area contributed by atoms with Crippen LogP contribution in [0.4, 0.5) is 24.5 Å². The molecule has 0 bridgehead atoms. The van der Waals surface area contributed by atoms with E-state index in [4.69, 9.17) is 9.47 Å². The van der Waals surface area contributed by atoms with Gasteiger partial charge in [-0.15, -0.1) is 0 Å². The minimum Gasteiger partial charge on any atom is -0.504 e. The third-order valence-corrected chi connectivity index (χ3v) is 10.6. The van der Waals surface area contributed by atoms with E-state index in [1.807, 2.05) is 0 Å². The summed E-state index contributed by atoms with van der Waals surface area (Å²) in [5, 5.41) is 12.0. The van der Waals surface area contributed by atoms with Crippen molar-refractivity contribution in [3.05, 3.63) is 98.0 Å². The first-order valence-corrected chi connectivity index (χ1v) is 16.4. The van der Waals surface area contributed by atoms with Crippen LogP contribution in [0.25, 0.3) is 0 Å². The average molecular weight is 714 g/mol. The number of alkyl halides is 3. The Labute approximate surface area is 284 Å². The van der Waals surface area contributed by atoms with E-state index >= 15 is 0 Å². The summed E-state index contributed by atoms with van der Waals surface area (Å²) in [6.07, 6.45) is -4.72. The van der Waals surface area contributed by atoms with Crippen molar-refractivity contribution in [3.8, 4) is 11.5 Å². The minimum atomic E-state index is -4.72. The van der Waals surface area contributed by atoms with Gasteiger partial charge in [0, 0.05) is 16.5 Å². The molecule has 0 saturated carbocycles. The number of fused-ring (bicyclic) bond motifs is 2. The van der Waals surface area contributed by atoms with E-state index in [0.29, 0.717) is 16.1 Å². The van der Waals surface area contributed by atoms with Crippen molar-refractivity contribution in [1.82, 2.24) is 4.57 Å². The molecule has 3 heterocycles. The number of carbonyl (C=O) groups excluding carboxylic acids is 4. The lowest BCUT2D eigenvalue weighted by Crippen LogP contribution is -2.33. The molecule has 11 nitrogen and oxygen atoms in total. The second kappa shape index (κ2) is 13.1. The van der Waals surface area contributed by atoms with Crippen LogP contribution in [0.15, 0.2) is 76.6 Å². The molecule has 2 N–H and O–H groups in total. The number of thiazole rings is 1. The number of thioether (sulfide) groups is 1. The Bertz CT molecular complexity index is 2040. The number of carbonyl (C=O) groups is 4. The highest BCUT2D eigenvalue weighted by Crippen LogP contribution is 2.54. The first-order chi connectivity index (χ1) is 23.3. The van der Waals surface area contributed by atoms with Gasteiger partial charge < -0.3 is 19.9 Å². The number of hydrogen-bond donors (Lipinski definition) is 2. The van der Waals surface area contributed by atoms with Gasteiger partial charge in [-0.3, -0.25) is 23.7 Å². The SMILES string of the molecule is CCOC(=O)c1ccc(NC(=O)Cn2c3c(sc2=O)[C@@H](c2ccc(O)c(OC)c2)C2C(=O)N(c4cccc(C(F)(F)F)c4)C(=O)C2S3)cc1. The van der Waals surface area contributed by atoms with Gasteiger partial charge in [0.1, 0.15) is 11.8 Å². The highest BCUT2D eigenvalue weighted by atomic mass is 32.2. The molecule has 0 radical (unpaired) electrons. The number of aromatic nitrogens is 1. The molecule has 1 aromatic heterocycles. The van der Waals surface area contributed by atoms with Gasteiger partial charge in [0.25, 0.3) is 0 Å². The second-order valence-corrected chi connectivity index (χ2v) is 13.1. The number of nitrogens with one attached hydrogen (secondary N) is 1. The summed E-state index contributed by atoms with van der Waals surface area (Å²) in [7, 11) is 1.32. The van der Waals surface area contributed by atoms with E-state index in [-0.39, 0.29) is 34.4 Å². The summed E-state index contributed by atoms with van der Waals surface area (Å²) in [5.41, 5.74) is -0.276. The molecule has 3 aromatic carbocycles. The molecule has 16 heteroatoms. The Morgan fingerprint density at radius 3 is 2.41 bits per heavy atom.